The zero-order valence-corrected chi connectivity index (χ0v) is 9.49. The summed E-state index contributed by atoms with van der Waals surface area (Å²) in [5.74, 6) is -0.840. The van der Waals surface area contributed by atoms with Gasteiger partial charge in [0, 0.05) is 12.4 Å². The molecule has 0 saturated carbocycles. The van der Waals surface area contributed by atoms with Crippen molar-refractivity contribution in [3.8, 4) is 0 Å². The third-order valence-electron chi connectivity index (χ3n) is 2.13. The van der Waals surface area contributed by atoms with Crippen LogP contribution in [0.3, 0.4) is 0 Å². The fourth-order valence-corrected chi connectivity index (χ4v) is 1.51. The van der Waals surface area contributed by atoms with Gasteiger partial charge in [0.05, 0.1) is 5.69 Å². The van der Waals surface area contributed by atoms with E-state index in [9.17, 15) is 9.18 Å². The highest BCUT2D eigenvalue weighted by molar-refractivity contribution is 6.28. The van der Waals surface area contributed by atoms with E-state index in [1.807, 2.05) is 0 Å². The molecule has 6 heteroatoms. The number of hydrogen-bond acceptors (Lipinski definition) is 2. The molecule has 1 aromatic carbocycles. The average molecular weight is 254 g/mol. The molecule has 17 heavy (non-hydrogen) atoms. The second-order valence-corrected chi connectivity index (χ2v) is 3.69. The molecule has 0 radical (unpaired) electrons. The van der Waals surface area contributed by atoms with Crippen molar-refractivity contribution in [2.75, 3.05) is 5.32 Å². The number of imidazole rings is 1. The number of benzene rings is 1. The molecule has 0 aliphatic carbocycles. The number of anilines is 1. The lowest BCUT2D eigenvalue weighted by Gasteiger charge is -2.07. The van der Waals surface area contributed by atoms with Crippen molar-refractivity contribution in [3.63, 3.8) is 0 Å². The molecule has 0 unspecified atom stereocenters. The van der Waals surface area contributed by atoms with Gasteiger partial charge in [-0.05, 0) is 23.7 Å². The average Bonchev–Trinajstić information content (AvgIpc) is 2.68. The fourth-order valence-electron chi connectivity index (χ4n) is 1.34. The van der Waals surface area contributed by atoms with Crippen LogP contribution in [0.1, 0.15) is 0 Å². The smallest absolute Gasteiger partial charge is 0.244 e. The molecule has 4 nitrogen and oxygen atoms in total. The summed E-state index contributed by atoms with van der Waals surface area (Å²) in [7, 11) is 0. The van der Waals surface area contributed by atoms with Crippen LogP contribution in [0.2, 0.25) is 5.28 Å². The predicted octanol–water partition coefficient (Wildman–Crippen LogP) is 2.31. The van der Waals surface area contributed by atoms with E-state index in [0.717, 1.165) is 0 Å². The van der Waals surface area contributed by atoms with Gasteiger partial charge in [-0.15, -0.1) is 0 Å². The Labute approximate surface area is 102 Å². The summed E-state index contributed by atoms with van der Waals surface area (Å²) in [6.07, 6.45) is 3.06. The Balaban J connectivity index is 2.03. The molecule has 0 aliphatic rings. The van der Waals surface area contributed by atoms with Crippen molar-refractivity contribution >= 4 is 23.2 Å². The molecule has 0 bridgehead atoms. The van der Waals surface area contributed by atoms with Crippen LogP contribution in [0.4, 0.5) is 10.1 Å². The lowest BCUT2D eigenvalue weighted by atomic mass is 10.3. The van der Waals surface area contributed by atoms with Gasteiger partial charge in [0.25, 0.3) is 0 Å². The first-order chi connectivity index (χ1) is 8.16. The van der Waals surface area contributed by atoms with Gasteiger partial charge in [0.1, 0.15) is 12.4 Å². The molecular weight excluding hydrogens is 245 g/mol. The van der Waals surface area contributed by atoms with Crippen molar-refractivity contribution in [2.24, 2.45) is 0 Å². The van der Waals surface area contributed by atoms with Gasteiger partial charge in [-0.2, -0.15) is 0 Å². The van der Waals surface area contributed by atoms with E-state index in [4.69, 9.17) is 11.6 Å². The maximum atomic E-state index is 13.2. The van der Waals surface area contributed by atoms with E-state index < -0.39 is 5.82 Å². The predicted molar refractivity (Wildman–Crippen MR) is 62.3 cm³/mol. The highest BCUT2D eigenvalue weighted by Gasteiger charge is 2.08. The largest absolute Gasteiger partial charge is 0.322 e. The normalized spacial score (nSPS) is 10.2. The maximum Gasteiger partial charge on any atom is 0.244 e. The van der Waals surface area contributed by atoms with E-state index in [1.165, 1.54) is 22.9 Å². The first kappa shape index (κ1) is 11.6. The van der Waals surface area contributed by atoms with Crippen molar-refractivity contribution in [3.05, 3.63) is 47.8 Å². The van der Waals surface area contributed by atoms with Crippen LogP contribution < -0.4 is 5.32 Å². The molecule has 2 aromatic rings. The first-order valence-electron chi connectivity index (χ1n) is 4.88. The van der Waals surface area contributed by atoms with Crippen LogP contribution in [0.25, 0.3) is 0 Å². The summed E-state index contributed by atoms with van der Waals surface area (Å²) in [6.45, 7) is -0.00678. The Kier molecular flexibility index (Phi) is 3.39. The molecule has 0 fully saturated rings. The first-order valence-corrected chi connectivity index (χ1v) is 5.25. The quantitative estimate of drug-likeness (QED) is 0.913. The van der Waals surface area contributed by atoms with Crippen LogP contribution >= 0.6 is 11.6 Å². The van der Waals surface area contributed by atoms with Gasteiger partial charge in [-0.1, -0.05) is 12.1 Å². The van der Waals surface area contributed by atoms with Crippen LogP contribution in [0, 0.1) is 5.82 Å². The Hall–Kier alpha value is -1.88. The maximum absolute atomic E-state index is 13.2. The minimum absolute atomic E-state index is 0.00678. The molecular formula is C11H9ClFN3O. The lowest BCUT2D eigenvalue weighted by Crippen LogP contribution is -2.19. The van der Waals surface area contributed by atoms with Crippen molar-refractivity contribution < 1.29 is 9.18 Å². The fraction of sp³-hybridized carbons (Fsp3) is 0.0909. The second-order valence-electron chi connectivity index (χ2n) is 3.35. The summed E-state index contributed by atoms with van der Waals surface area (Å²) >= 11 is 5.72. The molecule has 2 rings (SSSR count). The van der Waals surface area contributed by atoms with Gasteiger partial charge < -0.3 is 9.88 Å². The minimum atomic E-state index is -0.474. The number of rotatable bonds is 3. The Morgan fingerprint density at radius 1 is 1.47 bits per heavy atom. The number of carbonyl (C=O) groups is 1. The Bertz CT molecular complexity index is 541. The topological polar surface area (TPSA) is 46.9 Å². The lowest BCUT2D eigenvalue weighted by molar-refractivity contribution is -0.116. The molecule has 0 saturated heterocycles. The van der Waals surface area contributed by atoms with Crippen LogP contribution in [-0.2, 0) is 11.3 Å². The van der Waals surface area contributed by atoms with E-state index in [-0.39, 0.29) is 23.4 Å². The molecule has 1 N–H and O–H groups in total. The molecule has 1 amide bonds. The van der Waals surface area contributed by atoms with Crippen molar-refractivity contribution in [2.45, 2.75) is 6.54 Å². The van der Waals surface area contributed by atoms with E-state index in [1.54, 1.807) is 18.3 Å². The van der Waals surface area contributed by atoms with Gasteiger partial charge in [-0.25, -0.2) is 9.37 Å². The van der Waals surface area contributed by atoms with E-state index in [0.29, 0.717) is 0 Å². The van der Waals surface area contributed by atoms with E-state index in [2.05, 4.69) is 10.3 Å². The summed E-state index contributed by atoms with van der Waals surface area (Å²) in [4.78, 5) is 15.4. The van der Waals surface area contributed by atoms with Crippen LogP contribution in [0.15, 0.2) is 36.7 Å². The zero-order valence-electron chi connectivity index (χ0n) is 8.73. The monoisotopic (exact) mass is 253 g/mol. The zero-order chi connectivity index (χ0) is 12.3. The molecule has 88 valence electrons. The number of amides is 1. The van der Waals surface area contributed by atoms with Crippen LogP contribution in [0.5, 0.6) is 0 Å². The highest BCUT2D eigenvalue weighted by atomic mass is 35.5. The molecule has 0 aliphatic heterocycles. The van der Waals surface area contributed by atoms with Gasteiger partial charge in [0.15, 0.2) is 0 Å². The Morgan fingerprint density at radius 2 is 2.24 bits per heavy atom. The van der Waals surface area contributed by atoms with Gasteiger partial charge in [-0.3, -0.25) is 4.79 Å². The van der Waals surface area contributed by atoms with Gasteiger partial charge in [0.2, 0.25) is 11.2 Å². The molecule has 1 heterocycles. The summed E-state index contributed by atoms with van der Waals surface area (Å²) < 4.78 is 14.7. The van der Waals surface area contributed by atoms with Crippen LogP contribution in [-0.4, -0.2) is 15.5 Å². The number of nitrogens with one attached hydrogen (secondary N) is 1. The standard InChI is InChI=1S/C11H9ClFN3O/c12-11-14-5-6-16(11)7-10(17)15-9-4-2-1-3-8(9)13/h1-6H,7H2,(H,15,17). The third kappa shape index (κ3) is 2.82. The number of aromatic nitrogens is 2. The number of para-hydroxylation sites is 1. The number of nitrogens with zero attached hydrogens (tertiary/aromatic N) is 2. The summed E-state index contributed by atoms with van der Waals surface area (Å²) in [6, 6.07) is 5.96. The minimum Gasteiger partial charge on any atom is -0.322 e. The number of carbonyl (C=O) groups excluding carboxylic acids is 1. The number of hydrogen-bond donors (Lipinski definition) is 1. The SMILES string of the molecule is O=C(Cn1ccnc1Cl)Nc1ccccc1F. The Morgan fingerprint density at radius 3 is 2.88 bits per heavy atom. The highest BCUT2D eigenvalue weighted by Crippen LogP contribution is 2.12. The second kappa shape index (κ2) is 4.97. The van der Waals surface area contributed by atoms with E-state index >= 15 is 0 Å². The van der Waals surface area contributed by atoms with Gasteiger partial charge >= 0.3 is 0 Å². The van der Waals surface area contributed by atoms with Crippen molar-refractivity contribution in [1.82, 2.24) is 9.55 Å². The molecule has 1 aromatic heterocycles. The third-order valence-corrected chi connectivity index (χ3v) is 2.44. The number of halogens is 2. The van der Waals surface area contributed by atoms with Crippen molar-refractivity contribution in [1.29, 1.82) is 0 Å². The summed E-state index contributed by atoms with van der Waals surface area (Å²) in [5.41, 5.74) is 0.147. The summed E-state index contributed by atoms with van der Waals surface area (Å²) in [5, 5.41) is 2.67. The molecule has 0 atom stereocenters. The molecule has 0 spiro atoms.